The summed E-state index contributed by atoms with van der Waals surface area (Å²) in [4.78, 5) is 24.4. The maximum atomic E-state index is 11.8. The number of nitrogens with zero attached hydrogens (tertiary/aromatic N) is 4. The highest BCUT2D eigenvalue weighted by Gasteiger charge is 2.37. The van der Waals surface area contributed by atoms with Crippen LogP contribution in [0.1, 0.15) is 70.9 Å². The molecule has 1 aromatic heterocycles. The smallest absolute Gasteiger partial charge is 0.408 e. The fourth-order valence-electron chi connectivity index (χ4n) is 4.34. The van der Waals surface area contributed by atoms with Crippen molar-refractivity contribution in [3.63, 3.8) is 0 Å². The van der Waals surface area contributed by atoms with Crippen LogP contribution >= 0.6 is 11.6 Å². The van der Waals surface area contributed by atoms with E-state index in [1.165, 1.54) is 19.3 Å². The van der Waals surface area contributed by atoms with Crippen LogP contribution in [0.4, 0.5) is 10.6 Å². The molecule has 1 N–H and O–H groups in total. The van der Waals surface area contributed by atoms with Crippen LogP contribution in [0, 0.1) is 0 Å². The van der Waals surface area contributed by atoms with E-state index in [4.69, 9.17) is 11.6 Å². The summed E-state index contributed by atoms with van der Waals surface area (Å²) in [6.07, 6.45) is 6.03. The molecule has 1 amide bonds. The molecule has 1 saturated heterocycles. The summed E-state index contributed by atoms with van der Waals surface area (Å²) in [6.45, 7) is 7.23. The van der Waals surface area contributed by atoms with Crippen LogP contribution in [0.5, 0.6) is 0 Å². The number of halogens is 1. The molecule has 144 valence electrons. The number of rotatable bonds is 3. The maximum absolute atomic E-state index is 11.8. The second kappa shape index (κ2) is 7.59. The molecular weight excluding hydrogens is 352 g/mol. The van der Waals surface area contributed by atoms with E-state index in [9.17, 15) is 9.90 Å². The van der Waals surface area contributed by atoms with Crippen LogP contribution in [0.15, 0.2) is 6.07 Å². The molecule has 2 heterocycles. The van der Waals surface area contributed by atoms with Crippen LogP contribution in [0.2, 0.25) is 5.28 Å². The Balaban J connectivity index is 1.78. The van der Waals surface area contributed by atoms with Gasteiger partial charge in [-0.2, -0.15) is 0 Å². The van der Waals surface area contributed by atoms with E-state index in [0.717, 1.165) is 37.3 Å². The molecule has 1 saturated carbocycles. The van der Waals surface area contributed by atoms with Crippen molar-refractivity contribution >= 4 is 23.5 Å². The number of anilines is 1. The second-order valence-corrected chi connectivity index (χ2v) is 8.80. The van der Waals surface area contributed by atoms with Crippen LogP contribution in [0.25, 0.3) is 0 Å². The number of hydrogen-bond acceptors (Lipinski definition) is 4. The third-order valence-electron chi connectivity index (χ3n) is 5.51. The Morgan fingerprint density at radius 2 is 1.92 bits per heavy atom. The Kier molecular flexibility index (Phi) is 5.61. The minimum Gasteiger partial charge on any atom is -0.465 e. The average molecular weight is 381 g/mol. The number of amides is 1. The zero-order chi connectivity index (χ0) is 18.9. The van der Waals surface area contributed by atoms with E-state index in [-0.39, 0.29) is 11.3 Å². The second-order valence-electron chi connectivity index (χ2n) is 8.47. The van der Waals surface area contributed by atoms with Crippen molar-refractivity contribution < 1.29 is 9.90 Å². The van der Waals surface area contributed by atoms with Gasteiger partial charge in [-0.25, -0.2) is 14.8 Å². The molecule has 0 aromatic carbocycles. The first kappa shape index (κ1) is 19.2. The van der Waals surface area contributed by atoms with Crippen molar-refractivity contribution in [2.24, 2.45) is 0 Å². The van der Waals surface area contributed by atoms with Gasteiger partial charge in [0.05, 0.1) is 11.7 Å². The first-order chi connectivity index (χ1) is 12.3. The van der Waals surface area contributed by atoms with Gasteiger partial charge in [0.2, 0.25) is 5.28 Å². The fraction of sp³-hybridized carbons (Fsp3) is 0.737. The van der Waals surface area contributed by atoms with E-state index in [2.05, 4.69) is 20.9 Å². The highest BCUT2D eigenvalue weighted by molar-refractivity contribution is 6.28. The van der Waals surface area contributed by atoms with Gasteiger partial charge in [0, 0.05) is 30.6 Å². The van der Waals surface area contributed by atoms with Gasteiger partial charge in [0.1, 0.15) is 5.82 Å². The Morgan fingerprint density at radius 3 is 2.54 bits per heavy atom. The Bertz CT molecular complexity index is 655. The van der Waals surface area contributed by atoms with Crippen molar-refractivity contribution in [3.05, 3.63) is 17.0 Å². The minimum absolute atomic E-state index is 0.0422. The predicted octanol–water partition coefficient (Wildman–Crippen LogP) is 4.53. The van der Waals surface area contributed by atoms with Gasteiger partial charge in [0.25, 0.3) is 0 Å². The summed E-state index contributed by atoms with van der Waals surface area (Å²) in [5.74, 6) is 1.29. The van der Waals surface area contributed by atoms with E-state index in [1.54, 1.807) is 4.90 Å². The molecule has 2 aliphatic rings. The molecule has 1 aliphatic heterocycles. The number of aromatic nitrogens is 2. The quantitative estimate of drug-likeness (QED) is 0.780. The summed E-state index contributed by atoms with van der Waals surface area (Å²) < 4.78 is 0. The summed E-state index contributed by atoms with van der Waals surface area (Å²) in [5, 5.41) is 9.93. The molecule has 0 unspecified atom stereocenters. The van der Waals surface area contributed by atoms with Crippen molar-refractivity contribution in [1.29, 1.82) is 0 Å². The molecule has 0 bridgehead atoms. The van der Waals surface area contributed by atoms with E-state index < -0.39 is 11.6 Å². The molecule has 6 nitrogen and oxygen atoms in total. The molecule has 3 rings (SSSR count). The maximum Gasteiger partial charge on any atom is 0.408 e. The normalized spacial score (nSPS) is 21.8. The highest BCUT2D eigenvalue weighted by Crippen LogP contribution is 2.34. The van der Waals surface area contributed by atoms with Gasteiger partial charge in [-0.05, 0) is 51.6 Å². The number of carbonyl (C=O) groups is 1. The van der Waals surface area contributed by atoms with Gasteiger partial charge in [-0.1, -0.05) is 19.3 Å². The fourth-order valence-corrected chi connectivity index (χ4v) is 4.53. The highest BCUT2D eigenvalue weighted by atomic mass is 35.5. The van der Waals surface area contributed by atoms with Gasteiger partial charge < -0.3 is 10.0 Å². The van der Waals surface area contributed by atoms with Gasteiger partial charge in [-0.15, -0.1) is 0 Å². The van der Waals surface area contributed by atoms with Crippen molar-refractivity contribution in [2.45, 2.75) is 76.8 Å². The number of carboxylic acid groups (broad SMARTS) is 1. The van der Waals surface area contributed by atoms with Gasteiger partial charge in [-0.3, -0.25) is 4.90 Å². The minimum atomic E-state index is -0.868. The largest absolute Gasteiger partial charge is 0.465 e. The van der Waals surface area contributed by atoms with Crippen LogP contribution < -0.4 is 4.90 Å². The third-order valence-corrected chi connectivity index (χ3v) is 5.68. The molecule has 1 aromatic rings. The van der Waals surface area contributed by atoms with E-state index >= 15 is 0 Å². The molecule has 1 aliphatic carbocycles. The zero-order valence-corrected chi connectivity index (χ0v) is 16.7. The van der Waals surface area contributed by atoms with Crippen molar-refractivity contribution in [2.75, 3.05) is 18.0 Å². The first-order valence-electron chi connectivity index (χ1n) is 9.57. The van der Waals surface area contributed by atoms with Gasteiger partial charge >= 0.3 is 6.09 Å². The topological polar surface area (TPSA) is 69.6 Å². The zero-order valence-electron chi connectivity index (χ0n) is 15.9. The summed E-state index contributed by atoms with van der Waals surface area (Å²) in [6, 6.07) is 2.02. The molecular formula is C19H29ClN4O2. The van der Waals surface area contributed by atoms with E-state index in [0.29, 0.717) is 12.5 Å². The first-order valence-corrected chi connectivity index (χ1v) is 9.95. The lowest BCUT2D eigenvalue weighted by Gasteiger charge is -2.38. The molecule has 0 spiro atoms. The Labute approximate surface area is 160 Å². The standard InChI is InChI=1S/C19H29ClN4O2/c1-19(2,3)24(18(25)26)14-9-10-23(12-14)16-11-15(21-17(20)22-16)13-7-5-4-6-8-13/h11,13-14H,4-10,12H2,1-3H3,(H,25,26)/t14-/m1/s1. The van der Waals surface area contributed by atoms with Crippen LogP contribution in [0.3, 0.4) is 0 Å². The van der Waals surface area contributed by atoms with Crippen molar-refractivity contribution in [3.8, 4) is 0 Å². The Morgan fingerprint density at radius 1 is 1.23 bits per heavy atom. The molecule has 26 heavy (non-hydrogen) atoms. The number of hydrogen-bond donors (Lipinski definition) is 1. The van der Waals surface area contributed by atoms with Gasteiger partial charge in [0.15, 0.2) is 0 Å². The summed E-state index contributed by atoms with van der Waals surface area (Å²) in [7, 11) is 0. The summed E-state index contributed by atoms with van der Waals surface area (Å²) >= 11 is 6.22. The SMILES string of the molecule is CC(C)(C)N(C(=O)O)[C@@H]1CCN(c2cc(C3CCCCC3)nc(Cl)n2)C1. The molecule has 0 radical (unpaired) electrons. The molecule has 2 fully saturated rings. The Hall–Kier alpha value is -1.56. The van der Waals surface area contributed by atoms with Crippen LogP contribution in [-0.2, 0) is 0 Å². The van der Waals surface area contributed by atoms with Crippen molar-refractivity contribution in [1.82, 2.24) is 14.9 Å². The lowest BCUT2D eigenvalue weighted by Crippen LogP contribution is -2.52. The lowest BCUT2D eigenvalue weighted by molar-refractivity contribution is 0.0763. The third kappa shape index (κ3) is 4.22. The van der Waals surface area contributed by atoms with E-state index in [1.807, 2.05) is 20.8 Å². The summed E-state index contributed by atoms with van der Waals surface area (Å²) in [5.41, 5.74) is 0.609. The predicted molar refractivity (Wildman–Crippen MR) is 103 cm³/mol. The average Bonchev–Trinajstić information content (AvgIpc) is 3.02. The molecule has 1 atom stereocenters. The lowest BCUT2D eigenvalue weighted by atomic mass is 9.87. The molecule has 7 heteroatoms. The van der Waals surface area contributed by atoms with Crippen LogP contribution in [-0.4, -0.2) is 50.7 Å². The monoisotopic (exact) mass is 380 g/mol.